The zero-order chi connectivity index (χ0) is 8.20. The molecule has 0 aromatic carbocycles. The topological polar surface area (TPSA) is 0 Å². The van der Waals surface area contributed by atoms with Crippen LogP contribution in [-0.4, -0.2) is 12.6 Å². The molecule has 60 valence electrons. The number of rotatable bonds is 4. The Morgan fingerprint density at radius 1 is 1.30 bits per heavy atom. The van der Waals surface area contributed by atoms with Crippen LogP contribution < -0.4 is 0 Å². The van der Waals surface area contributed by atoms with Gasteiger partial charge in [0.15, 0.2) is 0 Å². The van der Waals surface area contributed by atoms with Gasteiger partial charge in [-0.05, 0) is 17.3 Å². The van der Waals surface area contributed by atoms with Gasteiger partial charge in [-0.25, -0.2) is 0 Å². The van der Waals surface area contributed by atoms with E-state index in [2.05, 4.69) is 26.6 Å². The zero-order valence-electron chi connectivity index (χ0n) is 7.53. The third kappa shape index (κ3) is 4.17. The van der Waals surface area contributed by atoms with Gasteiger partial charge in [0, 0.05) is 0 Å². The molecule has 0 aliphatic rings. The molecule has 2 heteroatoms. The Morgan fingerprint density at radius 3 is 2.10 bits per heavy atom. The predicted octanol–water partition coefficient (Wildman–Crippen LogP) is 3.42. The molecule has 0 aromatic rings. The normalized spacial score (nSPS) is 11.6. The summed E-state index contributed by atoms with van der Waals surface area (Å²) in [7, 11) is -1.07. The summed E-state index contributed by atoms with van der Waals surface area (Å²) in [5.41, 5.74) is 0. The molecule has 0 saturated carbocycles. The van der Waals surface area contributed by atoms with Crippen molar-refractivity contribution in [3.05, 3.63) is 0 Å². The molecule has 0 aliphatic heterocycles. The fourth-order valence-electron chi connectivity index (χ4n) is 0.712. The molecule has 0 heterocycles. The largest absolute Gasteiger partial charge is 0.0947 e. The van der Waals surface area contributed by atoms with Gasteiger partial charge in [0.2, 0.25) is 0 Å². The molecule has 0 unspecified atom stereocenters. The SMILES string of the molecule is CCCCC(=S)[Si](C)(C)C. The van der Waals surface area contributed by atoms with E-state index < -0.39 is 8.07 Å². The summed E-state index contributed by atoms with van der Waals surface area (Å²) in [6.07, 6.45) is 3.73. The molecular weight excluding hydrogens is 156 g/mol. The maximum atomic E-state index is 5.32. The highest BCUT2D eigenvalue weighted by Crippen LogP contribution is 2.10. The lowest BCUT2D eigenvalue weighted by Crippen LogP contribution is -2.31. The first kappa shape index (κ1) is 10.3. The van der Waals surface area contributed by atoms with Gasteiger partial charge in [0.25, 0.3) is 0 Å². The second kappa shape index (κ2) is 4.24. The van der Waals surface area contributed by atoms with E-state index in [1.807, 2.05) is 0 Å². The smallest absolute Gasteiger partial charge is 0.0862 e. The van der Waals surface area contributed by atoms with Crippen LogP contribution in [0.1, 0.15) is 26.2 Å². The molecule has 0 N–H and O–H groups in total. The van der Waals surface area contributed by atoms with Gasteiger partial charge in [-0.1, -0.05) is 45.2 Å². The van der Waals surface area contributed by atoms with E-state index in [4.69, 9.17) is 12.2 Å². The van der Waals surface area contributed by atoms with Crippen LogP contribution in [0.5, 0.6) is 0 Å². The first-order valence-electron chi connectivity index (χ1n) is 4.01. The van der Waals surface area contributed by atoms with Crippen molar-refractivity contribution in [2.45, 2.75) is 45.8 Å². The zero-order valence-corrected chi connectivity index (χ0v) is 9.35. The van der Waals surface area contributed by atoms with Gasteiger partial charge < -0.3 is 0 Å². The molecule has 0 spiro atoms. The van der Waals surface area contributed by atoms with Crippen molar-refractivity contribution >= 4 is 24.8 Å². The minimum atomic E-state index is -1.07. The highest BCUT2D eigenvalue weighted by molar-refractivity contribution is 7.84. The third-order valence-electron chi connectivity index (χ3n) is 1.59. The molecule has 10 heavy (non-hydrogen) atoms. The minimum absolute atomic E-state index is 1.07. The Labute approximate surface area is 71.0 Å². The summed E-state index contributed by atoms with van der Waals surface area (Å²) < 4.78 is 1.36. The predicted molar refractivity (Wildman–Crippen MR) is 55.5 cm³/mol. The van der Waals surface area contributed by atoms with Crippen molar-refractivity contribution in [3.8, 4) is 0 Å². The second-order valence-electron chi connectivity index (χ2n) is 3.78. The van der Waals surface area contributed by atoms with Crippen molar-refractivity contribution in [3.63, 3.8) is 0 Å². The van der Waals surface area contributed by atoms with E-state index >= 15 is 0 Å². The van der Waals surface area contributed by atoms with E-state index in [1.165, 1.54) is 23.8 Å². The lowest BCUT2D eigenvalue weighted by Gasteiger charge is -2.16. The standard InChI is InChI=1S/C8H18SSi/c1-5-6-7-8(9)10(2,3)4/h5-7H2,1-4H3. The van der Waals surface area contributed by atoms with E-state index in [0.29, 0.717) is 0 Å². The summed E-state index contributed by atoms with van der Waals surface area (Å²) >= 11 is 5.32. The fraction of sp³-hybridized carbons (Fsp3) is 0.875. The van der Waals surface area contributed by atoms with Crippen LogP contribution in [0.2, 0.25) is 19.6 Å². The number of thiocarbonyl (C=S) groups is 1. The highest BCUT2D eigenvalue weighted by atomic mass is 32.1. The Balaban J connectivity index is 3.64. The van der Waals surface area contributed by atoms with Crippen LogP contribution in [0.4, 0.5) is 0 Å². The molecule has 0 saturated heterocycles. The molecule has 0 radical (unpaired) electrons. The Kier molecular flexibility index (Phi) is 4.37. The average molecular weight is 174 g/mol. The van der Waals surface area contributed by atoms with Gasteiger partial charge in [-0.15, -0.1) is 0 Å². The average Bonchev–Trinajstić information content (AvgIpc) is 1.80. The molecule has 0 atom stereocenters. The van der Waals surface area contributed by atoms with Crippen LogP contribution in [0.15, 0.2) is 0 Å². The van der Waals surface area contributed by atoms with Crippen LogP contribution in [0.25, 0.3) is 0 Å². The van der Waals surface area contributed by atoms with E-state index in [9.17, 15) is 0 Å². The van der Waals surface area contributed by atoms with Crippen molar-refractivity contribution in [1.29, 1.82) is 0 Å². The maximum absolute atomic E-state index is 5.32. The molecule has 0 nitrogen and oxygen atoms in total. The molecule has 0 amide bonds. The monoisotopic (exact) mass is 174 g/mol. The Morgan fingerprint density at radius 2 is 1.80 bits per heavy atom. The van der Waals surface area contributed by atoms with Gasteiger partial charge in [0.1, 0.15) is 0 Å². The van der Waals surface area contributed by atoms with Crippen LogP contribution >= 0.6 is 12.2 Å². The fourth-order valence-corrected chi connectivity index (χ4v) is 1.78. The number of unbranched alkanes of at least 4 members (excludes halogenated alkanes) is 1. The Bertz CT molecular complexity index is 113. The van der Waals surface area contributed by atoms with Crippen LogP contribution in [0, 0.1) is 0 Å². The molecule has 0 rings (SSSR count). The van der Waals surface area contributed by atoms with E-state index in [1.54, 1.807) is 0 Å². The van der Waals surface area contributed by atoms with Crippen molar-refractivity contribution in [2.75, 3.05) is 0 Å². The second-order valence-corrected chi connectivity index (χ2v) is 9.74. The van der Waals surface area contributed by atoms with Gasteiger partial charge in [-0.3, -0.25) is 0 Å². The van der Waals surface area contributed by atoms with Gasteiger partial charge in [-0.2, -0.15) is 0 Å². The van der Waals surface area contributed by atoms with E-state index in [-0.39, 0.29) is 0 Å². The molecule has 0 bridgehead atoms. The summed E-state index contributed by atoms with van der Waals surface area (Å²) in [5.74, 6) is 0. The quantitative estimate of drug-likeness (QED) is 0.465. The van der Waals surface area contributed by atoms with Crippen molar-refractivity contribution < 1.29 is 0 Å². The van der Waals surface area contributed by atoms with Gasteiger partial charge in [0.05, 0.1) is 8.07 Å². The maximum Gasteiger partial charge on any atom is 0.0862 e. The third-order valence-corrected chi connectivity index (χ3v) is 5.56. The molecule has 0 fully saturated rings. The number of hydrogen-bond donors (Lipinski definition) is 0. The van der Waals surface area contributed by atoms with Crippen LogP contribution in [-0.2, 0) is 0 Å². The summed E-state index contributed by atoms with van der Waals surface area (Å²) in [4.78, 5) is 0. The molecule has 0 aromatic heterocycles. The van der Waals surface area contributed by atoms with Crippen molar-refractivity contribution in [2.24, 2.45) is 0 Å². The summed E-state index contributed by atoms with van der Waals surface area (Å²) in [5, 5.41) is 0. The molecular formula is C8H18SSi. The van der Waals surface area contributed by atoms with Crippen LogP contribution in [0.3, 0.4) is 0 Å². The lowest BCUT2D eigenvalue weighted by atomic mass is 10.3. The minimum Gasteiger partial charge on any atom is -0.0947 e. The van der Waals surface area contributed by atoms with Gasteiger partial charge >= 0.3 is 0 Å². The Hall–Kier alpha value is 0.307. The van der Waals surface area contributed by atoms with Crippen molar-refractivity contribution in [1.82, 2.24) is 0 Å². The molecule has 0 aliphatic carbocycles. The highest BCUT2D eigenvalue weighted by Gasteiger charge is 2.18. The lowest BCUT2D eigenvalue weighted by molar-refractivity contribution is 0.843. The number of hydrogen-bond acceptors (Lipinski definition) is 1. The van der Waals surface area contributed by atoms with E-state index in [0.717, 1.165) is 0 Å². The first-order chi connectivity index (χ1) is 4.48. The summed E-state index contributed by atoms with van der Waals surface area (Å²) in [6, 6.07) is 0. The summed E-state index contributed by atoms with van der Waals surface area (Å²) in [6.45, 7) is 9.19. The first-order valence-corrected chi connectivity index (χ1v) is 7.92.